The van der Waals surface area contributed by atoms with Crippen LogP contribution in [0, 0.1) is 6.92 Å². The Labute approximate surface area is 190 Å². The Morgan fingerprint density at radius 3 is 2.44 bits per heavy atom. The molecule has 4 rings (SSSR count). The lowest BCUT2D eigenvalue weighted by atomic mass is 9.98. The van der Waals surface area contributed by atoms with E-state index in [1.54, 1.807) is 0 Å². The SMILES string of the molecule is CCC(C)c1ccc(Cn2c(CCNC(=O)c3ccc(C)cc3)nc3ccccc32)cc1. The molecule has 0 saturated carbocycles. The van der Waals surface area contributed by atoms with Crippen LogP contribution in [0.3, 0.4) is 0 Å². The molecule has 1 unspecified atom stereocenters. The minimum Gasteiger partial charge on any atom is -0.352 e. The Kier molecular flexibility index (Phi) is 6.69. The average Bonchev–Trinajstić information content (AvgIpc) is 3.16. The summed E-state index contributed by atoms with van der Waals surface area (Å²) in [5.74, 6) is 1.51. The van der Waals surface area contributed by atoms with Crippen molar-refractivity contribution in [1.82, 2.24) is 14.9 Å². The maximum Gasteiger partial charge on any atom is 0.251 e. The second-order valence-corrected chi connectivity index (χ2v) is 8.53. The quantitative estimate of drug-likeness (QED) is 0.383. The minimum absolute atomic E-state index is 0.0479. The fourth-order valence-electron chi connectivity index (χ4n) is 3.96. The van der Waals surface area contributed by atoms with Gasteiger partial charge in [0.05, 0.1) is 11.0 Å². The average molecular weight is 426 g/mol. The van der Waals surface area contributed by atoms with Gasteiger partial charge in [0.15, 0.2) is 0 Å². The fraction of sp³-hybridized carbons (Fsp3) is 0.286. The second-order valence-electron chi connectivity index (χ2n) is 8.53. The number of nitrogens with one attached hydrogen (secondary N) is 1. The summed E-state index contributed by atoms with van der Waals surface area (Å²) in [6.07, 6.45) is 1.82. The third kappa shape index (κ3) is 4.91. The molecule has 32 heavy (non-hydrogen) atoms. The summed E-state index contributed by atoms with van der Waals surface area (Å²) < 4.78 is 2.27. The summed E-state index contributed by atoms with van der Waals surface area (Å²) >= 11 is 0. The molecule has 1 amide bonds. The largest absolute Gasteiger partial charge is 0.352 e. The van der Waals surface area contributed by atoms with E-state index < -0.39 is 0 Å². The van der Waals surface area contributed by atoms with Crippen molar-refractivity contribution in [3.8, 4) is 0 Å². The van der Waals surface area contributed by atoms with Crippen molar-refractivity contribution in [3.63, 3.8) is 0 Å². The highest BCUT2D eigenvalue weighted by atomic mass is 16.1. The van der Waals surface area contributed by atoms with E-state index in [0.717, 1.165) is 35.4 Å². The minimum atomic E-state index is -0.0479. The number of para-hydroxylation sites is 2. The highest BCUT2D eigenvalue weighted by molar-refractivity contribution is 5.94. The van der Waals surface area contributed by atoms with Gasteiger partial charge in [-0.3, -0.25) is 4.79 Å². The molecule has 0 aliphatic heterocycles. The molecule has 0 spiro atoms. The van der Waals surface area contributed by atoms with Gasteiger partial charge in [-0.2, -0.15) is 0 Å². The number of amides is 1. The molecule has 1 atom stereocenters. The number of carbonyl (C=O) groups excluding carboxylic acids is 1. The maximum absolute atomic E-state index is 12.5. The van der Waals surface area contributed by atoms with Crippen LogP contribution in [0.2, 0.25) is 0 Å². The lowest BCUT2D eigenvalue weighted by molar-refractivity contribution is 0.0954. The molecule has 4 nitrogen and oxygen atoms in total. The van der Waals surface area contributed by atoms with Gasteiger partial charge < -0.3 is 9.88 Å². The Bertz CT molecular complexity index is 1190. The van der Waals surface area contributed by atoms with Crippen LogP contribution in [0.25, 0.3) is 11.0 Å². The summed E-state index contributed by atoms with van der Waals surface area (Å²) in [7, 11) is 0. The number of hydrogen-bond acceptors (Lipinski definition) is 2. The zero-order chi connectivity index (χ0) is 22.5. The van der Waals surface area contributed by atoms with Crippen LogP contribution in [0.4, 0.5) is 0 Å². The van der Waals surface area contributed by atoms with Crippen molar-refractivity contribution in [2.45, 2.75) is 46.1 Å². The predicted molar refractivity (Wildman–Crippen MR) is 131 cm³/mol. The molecule has 4 heteroatoms. The van der Waals surface area contributed by atoms with Gasteiger partial charge in [0.25, 0.3) is 5.91 Å². The summed E-state index contributed by atoms with van der Waals surface area (Å²) in [6.45, 7) is 7.82. The number of rotatable bonds is 8. The van der Waals surface area contributed by atoms with Gasteiger partial charge in [0.2, 0.25) is 0 Å². The van der Waals surface area contributed by atoms with Crippen molar-refractivity contribution in [1.29, 1.82) is 0 Å². The van der Waals surface area contributed by atoms with Gasteiger partial charge >= 0.3 is 0 Å². The van der Waals surface area contributed by atoms with Crippen LogP contribution in [0.1, 0.15) is 59.1 Å². The Balaban J connectivity index is 1.50. The van der Waals surface area contributed by atoms with E-state index in [1.807, 2.05) is 43.3 Å². The van der Waals surface area contributed by atoms with Crippen molar-refractivity contribution < 1.29 is 4.79 Å². The van der Waals surface area contributed by atoms with Gasteiger partial charge in [0, 0.05) is 25.1 Å². The highest BCUT2D eigenvalue weighted by Gasteiger charge is 2.12. The Morgan fingerprint density at radius 2 is 1.72 bits per heavy atom. The molecule has 1 aromatic heterocycles. The first kappa shape index (κ1) is 21.8. The van der Waals surface area contributed by atoms with E-state index in [-0.39, 0.29) is 5.91 Å². The Hall–Kier alpha value is -3.40. The van der Waals surface area contributed by atoms with Crippen LogP contribution >= 0.6 is 0 Å². The van der Waals surface area contributed by atoms with Crippen LogP contribution in [0.15, 0.2) is 72.8 Å². The smallest absolute Gasteiger partial charge is 0.251 e. The van der Waals surface area contributed by atoms with Crippen molar-refractivity contribution in [2.75, 3.05) is 6.54 Å². The first-order valence-corrected chi connectivity index (χ1v) is 11.4. The molecular weight excluding hydrogens is 394 g/mol. The number of hydrogen-bond donors (Lipinski definition) is 1. The number of aromatic nitrogens is 2. The summed E-state index contributed by atoms with van der Waals surface area (Å²) in [4.78, 5) is 17.3. The number of nitrogens with zero attached hydrogens (tertiary/aromatic N) is 2. The first-order valence-electron chi connectivity index (χ1n) is 11.4. The molecule has 0 radical (unpaired) electrons. The van der Waals surface area contributed by atoms with Gasteiger partial charge in [-0.1, -0.05) is 67.9 Å². The molecule has 0 fully saturated rings. The standard InChI is InChI=1S/C28H31N3O/c1-4-21(3)23-15-11-22(12-16-23)19-31-26-8-6-5-7-25(26)30-27(31)17-18-29-28(32)24-13-9-20(2)10-14-24/h5-16,21H,4,17-19H2,1-3H3,(H,29,32). The molecule has 1 heterocycles. The van der Waals surface area contributed by atoms with Crippen LogP contribution < -0.4 is 5.32 Å². The Morgan fingerprint density at radius 1 is 1.00 bits per heavy atom. The zero-order valence-electron chi connectivity index (χ0n) is 19.1. The normalized spacial score (nSPS) is 12.1. The third-order valence-corrected chi connectivity index (χ3v) is 6.18. The van der Waals surface area contributed by atoms with Gasteiger partial charge in [0.1, 0.15) is 5.82 Å². The number of carbonyl (C=O) groups is 1. The summed E-state index contributed by atoms with van der Waals surface area (Å²) in [5.41, 5.74) is 6.58. The molecule has 4 aromatic rings. The van der Waals surface area contributed by atoms with Gasteiger partial charge in [-0.25, -0.2) is 4.98 Å². The lowest BCUT2D eigenvalue weighted by Gasteiger charge is -2.13. The molecule has 3 aromatic carbocycles. The van der Waals surface area contributed by atoms with E-state index >= 15 is 0 Å². The van der Waals surface area contributed by atoms with Gasteiger partial charge in [-0.15, -0.1) is 0 Å². The van der Waals surface area contributed by atoms with E-state index in [0.29, 0.717) is 24.4 Å². The van der Waals surface area contributed by atoms with Crippen LogP contribution in [0.5, 0.6) is 0 Å². The van der Waals surface area contributed by atoms with E-state index in [2.05, 4.69) is 60.1 Å². The molecular formula is C28H31N3O. The molecule has 0 aliphatic carbocycles. The topological polar surface area (TPSA) is 46.9 Å². The van der Waals surface area contributed by atoms with Crippen LogP contribution in [-0.2, 0) is 13.0 Å². The summed E-state index contributed by atoms with van der Waals surface area (Å²) in [6, 6.07) is 24.8. The second kappa shape index (κ2) is 9.82. The first-order chi connectivity index (χ1) is 15.5. The monoisotopic (exact) mass is 425 g/mol. The molecule has 1 N–H and O–H groups in total. The van der Waals surface area contributed by atoms with Gasteiger partial charge in [-0.05, 0) is 54.7 Å². The maximum atomic E-state index is 12.5. The zero-order valence-corrected chi connectivity index (χ0v) is 19.1. The van der Waals surface area contributed by atoms with Crippen LogP contribution in [-0.4, -0.2) is 22.0 Å². The number of fused-ring (bicyclic) bond motifs is 1. The van der Waals surface area contributed by atoms with E-state index in [9.17, 15) is 4.79 Å². The lowest BCUT2D eigenvalue weighted by Crippen LogP contribution is -2.26. The van der Waals surface area contributed by atoms with Crippen molar-refractivity contribution >= 4 is 16.9 Å². The molecule has 164 valence electrons. The van der Waals surface area contributed by atoms with Crippen molar-refractivity contribution in [2.24, 2.45) is 0 Å². The number of aryl methyl sites for hydroxylation is 1. The molecule has 0 saturated heterocycles. The molecule has 0 aliphatic rings. The fourth-order valence-corrected chi connectivity index (χ4v) is 3.96. The number of imidazole rings is 1. The molecule has 0 bridgehead atoms. The third-order valence-electron chi connectivity index (χ3n) is 6.18. The predicted octanol–water partition coefficient (Wildman–Crippen LogP) is 5.88. The highest BCUT2D eigenvalue weighted by Crippen LogP contribution is 2.21. The van der Waals surface area contributed by atoms with E-state index in [1.165, 1.54) is 11.1 Å². The number of benzene rings is 3. The van der Waals surface area contributed by atoms with E-state index in [4.69, 9.17) is 4.98 Å². The van der Waals surface area contributed by atoms with Crippen molar-refractivity contribution in [3.05, 3.63) is 101 Å². The summed E-state index contributed by atoms with van der Waals surface area (Å²) in [5, 5.41) is 3.04.